The van der Waals surface area contributed by atoms with Crippen molar-refractivity contribution in [2.75, 3.05) is 18.2 Å². The molecule has 1 aliphatic carbocycles. The van der Waals surface area contributed by atoms with Crippen molar-refractivity contribution < 1.29 is 18.7 Å². The number of hydrogen-bond acceptors (Lipinski definition) is 8. The molecule has 0 saturated heterocycles. The van der Waals surface area contributed by atoms with Crippen LogP contribution in [0, 0.1) is 12.8 Å². The molecule has 3 aromatic rings. The number of aryl methyl sites for hydroxylation is 1. The molecule has 33 heavy (non-hydrogen) atoms. The van der Waals surface area contributed by atoms with Gasteiger partial charge in [-0.3, -0.25) is 4.79 Å². The van der Waals surface area contributed by atoms with Gasteiger partial charge in [0.1, 0.15) is 10.8 Å². The summed E-state index contributed by atoms with van der Waals surface area (Å²) in [6.07, 6.45) is 5.32. The highest BCUT2D eigenvalue weighted by molar-refractivity contribution is 7.99. The summed E-state index contributed by atoms with van der Waals surface area (Å²) in [5.41, 5.74) is 2.43. The van der Waals surface area contributed by atoms with Gasteiger partial charge in [0.25, 0.3) is 0 Å². The molecule has 0 aliphatic heterocycles. The van der Waals surface area contributed by atoms with Crippen LogP contribution in [0.25, 0.3) is 11.4 Å². The number of aromatic nitrogens is 3. The molecule has 1 aliphatic rings. The summed E-state index contributed by atoms with van der Waals surface area (Å²) in [7, 11) is 1.37. The van der Waals surface area contributed by atoms with Gasteiger partial charge >= 0.3 is 5.97 Å². The lowest BCUT2D eigenvalue weighted by Crippen LogP contribution is -2.17. The van der Waals surface area contributed by atoms with Crippen molar-refractivity contribution in [2.24, 2.45) is 5.92 Å². The van der Waals surface area contributed by atoms with Crippen LogP contribution in [0.3, 0.4) is 0 Å². The first kappa shape index (κ1) is 23.6. The summed E-state index contributed by atoms with van der Waals surface area (Å²) in [4.78, 5) is 26.5. The van der Waals surface area contributed by atoms with Gasteiger partial charge in [0, 0.05) is 11.4 Å². The van der Waals surface area contributed by atoms with Gasteiger partial charge in [-0.15, -0.1) is 21.5 Å². The SMILES string of the molecule is CCCn1c(SCC(=O)Nc2sc3c(c2C(=O)OC)CCC(C)C3)nnc1-c1ccoc1C. The number of thioether (sulfide) groups is 1. The Balaban J connectivity index is 1.50. The topological polar surface area (TPSA) is 99.2 Å². The van der Waals surface area contributed by atoms with Crippen molar-refractivity contribution >= 4 is 40.0 Å². The number of rotatable bonds is 8. The van der Waals surface area contributed by atoms with Crippen molar-refractivity contribution in [3.05, 3.63) is 34.1 Å². The summed E-state index contributed by atoms with van der Waals surface area (Å²) in [6, 6.07) is 1.88. The molecule has 0 aromatic carbocycles. The third-order valence-corrected chi connectivity index (χ3v) is 7.89. The molecular formula is C23H28N4O4S2. The molecule has 0 fully saturated rings. The predicted octanol–water partition coefficient (Wildman–Crippen LogP) is 4.96. The van der Waals surface area contributed by atoms with Crippen LogP contribution in [0.5, 0.6) is 0 Å². The second-order valence-electron chi connectivity index (χ2n) is 8.23. The van der Waals surface area contributed by atoms with Crippen LogP contribution in [-0.2, 0) is 28.9 Å². The van der Waals surface area contributed by atoms with Gasteiger partial charge in [0.05, 0.1) is 30.3 Å². The molecule has 1 N–H and O–H groups in total. The Morgan fingerprint density at radius 1 is 1.39 bits per heavy atom. The van der Waals surface area contributed by atoms with Crippen LogP contribution in [0.1, 0.15) is 53.2 Å². The van der Waals surface area contributed by atoms with E-state index in [1.54, 1.807) is 6.26 Å². The first-order chi connectivity index (χ1) is 15.9. The zero-order valence-electron chi connectivity index (χ0n) is 19.3. The van der Waals surface area contributed by atoms with Crippen LogP contribution in [0.4, 0.5) is 5.00 Å². The molecule has 1 unspecified atom stereocenters. The van der Waals surface area contributed by atoms with E-state index in [-0.39, 0.29) is 11.7 Å². The number of carbonyl (C=O) groups is 2. The molecule has 1 amide bonds. The average Bonchev–Trinajstić information content (AvgIpc) is 3.48. The highest BCUT2D eigenvalue weighted by Crippen LogP contribution is 2.40. The number of nitrogens with one attached hydrogen (secondary N) is 1. The maximum atomic E-state index is 12.8. The Kier molecular flexibility index (Phi) is 7.23. The molecule has 176 valence electrons. The molecule has 10 heteroatoms. The highest BCUT2D eigenvalue weighted by Gasteiger charge is 2.29. The number of fused-ring (bicyclic) bond motifs is 1. The van der Waals surface area contributed by atoms with Crippen LogP contribution in [-0.4, -0.2) is 39.5 Å². The van der Waals surface area contributed by atoms with E-state index in [4.69, 9.17) is 9.15 Å². The fourth-order valence-electron chi connectivity index (χ4n) is 4.09. The smallest absolute Gasteiger partial charge is 0.341 e. The Bertz CT molecular complexity index is 1160. The lowest BCUT2D eigenvalue weighted by atomic mass is 9.88. The molecule has 3 aromatic heterocycles. The first-order valence-corrected chi connectivity index (χ1v) is 12.9. The quantitative estimate of drug-likeness (QED) is 0.353. The Morgan fingerprint density at radius 2 is 2.21 bits per heavy atom. The van der Waals surface area contributed by atoms with Crippen molar-refractivity contribution in [1.29, 1.82) is 0 Å². The van der Waals surface area contributed by atoms with E-state index >= 15 is 0 Å². The minimum atomic E-state index is -0.396. The largest absolute Gasteiger partial charge is 0.469 e. The van der Waals surface area contributed by atoms with E-state index in [0.29, 0.717) is 21.6 Å². The Morgan fingerprint density at radius 3 is 2.91 bits per heavy atom. The van der Waals surface area contributed by atoms with Crippen molar-refractivity contribution in [3.63, 3.8) is 0 Å². The van der Waals surface area contributed by atoms with Gasteiger partial charge in [0.2, 0.25) is 5.91 Å². The van der Waals surface area contributed by atoms with E-state index in [0.717, 1.165) is 54.9 Å². The Labute approximate surface area is 201 Å². The van der Waals surface area contributed by atoms with Crippen molar-refractivity contribution in [2.45, 2.75) is 58.2 Å². The molecule has 3 heterocycles. The third kappa shape index (κ3) is 4.86. The molecule has 0 saturated carbocycles. The van der Waals surface area contributed by atoms with Gasteiger partial charge in [-0.2, -0.15) is 0 Å². The van der Waals surface area contributed by atoms with Gasteiger partial charge < -0.3 is 19.0 Å². The zero-order valence-corrected chi connectivity index (χ0v) is 20.9. The molecule has 8 nitrogen and oxygen atoms in total. The predicted molar refractivity (Wildman–Crippen MR) is 129 cm³/mol. The number of hydrogen-bond donors (Lipinski definition) is 1. The normalized spacial score (nSPS) is 15.3. The maximum Gasteiger partial charge on any atom is 0.341 e. The summed E-state index contributed by atoms with van der Waals surface area (Å²) >= 11 is 2.82. The van der Waals surface area contributed by atoms with E-state index < -0.39 is 5.97 Å². The first-order valence-electron chi connectivity index (χ1n) is 11.1. The molecule has 0 spiro atoms. The van der Waals surface area contributed by atoms with Crippen molar-refractivity contribution in [3.8, 4) is 11.4 Å². The number of furan rings is 1. The summed E-state index contributed by atoms with van der Waals surface area (Å²) < 4.78 is 12.4. The fourth-order valence-corrected chi connectivity index (χ4v) is 6.27. The highest BCUT2D eigenvalue weighted by atomic mass is 32.2. The van der Waals surface area contributed by atoms with E-state index in [1.165, 1.54) is 35.1 Å². The third-order valence-electron chi connectivity index (χ3n) is 5.75. The minimum Gasteiger partial charge on any atom is -0.469 e. The lowest BCUT2D eigenvalue weighted by molar-refractivity contribution is -0.113. The monoisotopic (exact) mass is 488 g/mol. The number of methoxy groups -OCH3 is 1. The van der Waals surface area contributed by atoms with Gasteiger partial charge in [-0.05, 0) is 50.2 Å². The summed E-state index contributed by atoms with van der Waals surface area (Å²) in [5, 5.41) is 12.9. The maximum absolute atomic E-state index is 12.8. The lowest BCUT2D eigenvalue weighted by Gasteiger charge is -2.18. The number of amides is 1. The average molecular weight is 489 g/mol. The van der Waals surface area contributed by atoms with Crippen LogP contribution in [0.2, 0.25) is 0 Å². The van der Waals surface area contributed by atoms with Crippen LogP contribution in [0.15, 0.2) is 21.9 Å². The van der Waals surface area contributed by atoms with Crippen LogP contribution >= 0.6 is 23.1 Å². The molecule has 0 bridgehead atoms. The number of ether oxygens (including phenoxy) is 1. The molecule has 4 rings (SSSR count). The van der Waals surface area contributed by atoms with Crippen molar-refractivity contribution in [1.82, 2.24) is 14.8 Å². The standard InChI is InChI=1S/C23H28N4O4S2/c1-5-9-27-20(15-8-10-31-14(15)3)25-26-23(27)32-12-18(28)24-21-19(22(29)30-4)16-7-6-13(2)11-17(16)33-21/h8,10,13H,5-7,9,11-12H2,1-4H3,(H,24,28). The number of nitrogens with zero attached hydrogens (tertiary/aromatic N) is 3. The molecule has 0 radical (unpaired) electrons. The minimum absolute atomic E-state index is 0.159. The van der Waals surface area contributed by atoms with Crippen LogP contribution < -0.4 is 5.32 Å². The molecule has 1 atom stereocenters. The van der Waals surface area contributed by atoms with E-state index in [9.17, 15) is 9.59 Å². The fraction of sp³-hybridized carbons (Fsp3) is 0.478. The van der Waals surface area contributed by atoms with Gasteiger partial charge in [0.15, 0.2) is 11.0 Å². The summed E-state index contributed by atoms with van der Waals surface area (Å²) in [6.45, 7) is 6.92. The zero-order chi connectivity index (χ0) is 23.5. The second kappa shape index (κ2) is 10.1. The van der Waals surface area contributed by atoms with E-state index in [1.807, 2.05) is 17.6 Å². The summed E-state index contributed by atoms with van der Waals surface area (Å²) in [5.74, 6) is 1.65. The number of esters is 1. The Hall–Kier alpha value is -2.59. The van der Waals surface area contributed by atoms with Gasteiger partial charge in [-0.25, -0.2) is 4.79 Å². The number of carbonyl (C=O) groups excluding carboxylic acids is 2. The van der Waals surface area contributed by atoms with E-state index in [2.05, 4.69) is 29.4 Å². The van der Waals surface area contributed by atoms with Gasteiger partial charge in [-0.1, -0.05) is 25.6 Å². The number of thiophene rings is 1. The second-order valence-corrected chi connectivity index (χ2v) is 10.3. The molecular weight excluding hydrogens is 460 g/mol. The number of anilines is 1.